The van der Waals surface area contributed by atoms with Crippen LogP contribution in [-0.2, 0) is 0 Å². The van der Waals surface area contributed by atoms with Crippen molar-refractivity contribution in [3.63, 3.8) is 0 Å². The van der Waals surface area contributed by atoms with Crippen molar-refractivity contribution in [3.05, 3.63) is 47.8 Å². The first-order chi connectivity index (χ1) is 14.9. The summed E-state index contributed by atoms with van der Waals surface area (Å²) in [7, 11) is 3.70. The highest BCUT2D eigenvalue weighted by Crippen LogP contribution is 2.41. The number of nitrogens with one attached hydrogen (secondary N) is 1. The lowest BCUT2D eigenvalue weighted by Gasteiger charge is -2.35. The third kappa shape index (κ3) is 4.23. The number of hydrogen-bond acceptors (Lipinski definition) is 5. The van der Waals surface area contributed by atoms with E-state index in [1.54, 1.807) is 19.2 Å². The maximum atomic E-state index is 13.5. The first-order valence-corrected chi connectivity index (χ1v) is 10.6. The van der Waals surface area contributed by atoms with Crippen molar-refractivity contribution in [3.8, 4) is 17.1 Å². The van der Waals surface area contributed by atoms with Crippen molar-refractivity contribution in [2.75, 3.05) is 45.2 Å². The molecule has 0 aliphatic carbocycles. The number of piperazine rings is 1. The minimum absolute atomic E-state index is 0.0180. The van der Waals surface area contributed by atoms with Gasteiger partial charge in [0.05, 0.1) is 17.4 Å². The van der Waals surface area contributed by atoms with E-state index in [9.17, 15) is 9.18 Å². The van der Waals surface area contributed by atoms with Crippen molar-refractivity contribution in [1.29, 1.82) is 0 Å². The Hall–Kier alpha value is -3.06. The molecule has 1 aromatic heterocycles. The van der Waals surface area contributed by atoms with E-state index in [1.807, 2.05) is 26.0 Å². The SMILES string of the molecule is CNC(=O)c1c(-c2ccc(F)cc2)oc2cc(N3CCN(C)CC3)c(OC(C)C)cc12. The molecule has 1 N–H and O–H groups in total. The third-order valence-electron chi connectivity index (χ3n) is 5.54. The van der Waals surface area contributed by atoms with Gasteiger partial charge in [-0.1, -0.05) is 0 Å². The second kappa shape index (κ2) is 8.59. The van der Waals surface area contributed by atoms with Gasteiger partial charge >= 0.3 is 0 Å². The number of benzene rings is 2. The fraction of sp³-hybridized carbons (Fsp3) is 0.375. The lowest BCUT2D eigenvalue weighted by molar-refractivity contribution is 0.0964. The highest BCUT2D eigenvalue weighted by atomic mass is 19.1. The number of fused-ring (bicyclic) bond motifs is 1. The normalized spacial score (nSPS) is 15.0. The van der Waals surface area contributed by atoms with E-state index in [4.69, 9.17) is 9.15 Å². The van der Waals surface area contributed by atoms with Gasteiger partial charge in [0.1, 0.15) is 22.9 Å². The minimum Gasteiger partial charge on any atom is -0.489 e. The van der Waals surface area contributed by atoms with E-state index < -0.39 is 0 Å². The zero-order valence-corrected chi connectivity index (χ0v) is 18.4. The maximum Gasteiger partial charge on any atom is 0.255 e. The molecule has 1 fully saturated rings. The molecule has 0 saturated carbocycles. The van der Waals surface area contributed by atoms with Crippen LogP contribution >= 0.6 is 0 Å². The molecule has 1 aliphatic rings. The van der Waals surface area contributed by atoms with E-state index in [0.29, 0.717) is 27.9 Å². The highest BCUT2D eigenvalue weighted by molar-refractivity contribution is 6.12. The van der Waals surface area contributed by atoms with Gasteiger partial charge in [0.2, 0.25) is 0 Å². The number of rotatable bonds is 5. The average molecular weight is 426 g/mol. The monoisotopic (exact) mass is 425 g/mol. The number of carbonyl (C=O) groups excluding carboxylic acids is 1. The zero-order chi connectivity index (χ0) is 22.1. The summed E-state index contributed by atoms with van der Waals surface area (Å²) in [4.78, 5) is 17.4. The molecule has 7 heteroatoms. The Kier molecular flexibility index (Phi) is 5.87. The van der Waals surface area contributed by atoms with Crippen LogP contribution in [-0.4, -0.2) is 57.2 Å². The predicted octanol–water partition coefficient (Wildman–Crippen LogP) is 4.14. The Labute approximate surface area is 181 Å². The molecule has 0 bridgehead atoms. The minimum atomic E-state index is -0.341. The lowest BCUT2D eigenvalue weighted by atomic mass is 10.0. The Bertz CT molecular complexity index is 1080. The van der Waals surface area contributed by atoms with Gasteiger partial charge in [-0.25, -0.2) is 4.39 Å². The van der Waals surface area contributed by atoms with Gasteiger partial charge in [0, 0.05) is 50.2 Å². The Morgan fingerprint density at radius 1 is 1.13 bits per heavy atom. The molecule has 0 unspecified atom stereocenters. The van der Waals surface area contributed by atoms with Crippen molar-refractivity contribution < 1.29 is 18.3 Å². The van der Waals surface area contributed by atoms with Crippen LogP contribution in [0.5, 0.6) is 5.75 Å². The molecule has 1 amide bonds. The van der Waals surface area contributed by atoms with Crippen LogP contribution < -0.4 is 15.0 Å². The maximum absolute atomic E-state index is 13.5. The molecule has 1 saturated heterocycles. The smallest absolute Gasteiger partial charge is 0.255 e. The van der Waals surface area contributed by atoms with Gasteiger partial charge in [0.15, 0.2) is 0 Å². The number of hydrogen-bond donors (Lipinski definition) is 1. The molecule has 2 aromatic carbocycles. The molecular formula is C24H28FN3O3. The van der Waals surface area contributed by atoms with Gasteiger partial charge in [0.25, 0.3) is 5.91 Å². The summed E-state index contributed by atoms with van der Waals surface area (Å²) in [6, 6.07) is 9.80. The number of halogens is 1. The topological polar surface area (TPSA) is 58.0 Å². The van der Waals surface area contributed by atoms with Crippen LogP contribution in [0, 0.1) is 5.82 Å². The number of furan rings is 1. The largest absolute Gasteiger partial charge is 0.489 e. The molecule has 0 radical (unpaired) electrons. The van der Waals surface area contributed by atoms with Crippen molar-refractivity contribution >= 4 is 22.6 Å². The Balaban J connectivity index is 1.90. The summed E-state index contributed by atoms with van der Waals surface area (Å²) >= 11 is 0. The third-order valence-corrected chi connectivity index (χ3v) is 5.54. The molecule has 0 atom stereocenters. The fourth-order valence-corrected chi connectivity index (χ4v) is 3.91. The van der Waals surface area contributed by atoms with Crippen molar-refractivity contribution in [1.82, 2.24) is 10.2 Å². The number of likely N-dealkylation sites (N-methyl/N-ethyl adjacent to an activating group) is 1. The van der Waals surface area contributed by atoms with Gasteiger partial charge in [-0.05, 0) is 51.2 Å². The number of nitrogens with zero attached hydrogens (tertiary/aromatic N) is 2. The molecule has 3 aromatic rings. The summed E-state index contributed by atoms with van der Waals surface area (Å²) in [6.45, 7) is 7.64. The molecule has 2 heterocycles. The van der Waals surface area contributed by atoms with E-state index in [1.165, 1.54) is 12.1 Å². The summed E-state index contributed by atoms with van der Waals surface area (Å²) in [5.74, 6) is 0.538. The Morgan fingerprint density at radius 2 is 1.81 bits per heavy atom. The second-order valence-corrected chi connectivity index (χ2v) is 8.17. The number of anilines is 1. The van der Waals surface area contributed by atoms with E-state index in [2.05, 4.69) is 22.2 Å². The molecule has 4 rings (SSSR count). The predicted molar refractivity (Wildman–Crippen MR) is 120 cm³/mol. The van der Waals surface area contributed by atoms with Crippen LogP contribution in [0.2, 0.25) is 0 Å². The summed E-state index contributed by atoms with van der Waals surface area (Å²) < 4.78 is 25.8. The summed E-state index contributed by atoms with van der Waals surface area (Å²) in [5.41, 5.74) is 2.62. The molecule has 6 nitrogen and oxygen atoms in total. The number of ether oxygens (including phenoxy) is 1. The molecular weight excluding hydrogens is 397 g/mol. The van der Waals surface area contributed by atoms with Gasteiger partial charge in [-0.3, -0.25) is 4.79 Å². The molecule has 164 valence electrons. The first-order valence-electron chi connectivity index (χ1n) is 10.6. The highest BCUT2D eigenvalue weighted by Gasteiger charge is 2.26. The van der Waals surface area contributed by atoms with Crippen LogP contribution in [0.1, 0.15) is 24.2 Å². The van der Waals surface area contributed by atoms with Crippen LogP contribution in [0.25, 0.3) is 22.3 Å². The van der Waals surface area contributed by atoms with Crippen molar-refractivity contribution in [2.24, 2.45) is 0 Å². The van der Waals surface area contributed by atoms with E-state index >= 15 is 0 Å². The van der Waals surface area contributed by atoms with Crippen LogP contribution in [0.15, 0.2) is 40.8 Å². The van der Waals surface area contributed by atoms with Gasteiger partial charge in [-0.2, -0.15) is 0 Å². The fourth-order valence-electron chi connectivity index (χ4n) is 3.91. The zero-order valence-electron chi connectivity index (χ0n) is 18.4. The second-order valence-electron chi connectivity index (χ2n) is 8.17. The van der Waals surface area contributed by atoms with Crippen LogP contribution in [0.3, 0.4) is 0 Å². The first kappa shape index (κ1) is 21.2. The Morgan fingerprint density at radius 3 is 2.42 bits per heavy atom. The number of carbonyl (C=O) groups is 1. The quantitative estimate of drug-likeness (QED) is 0.666. The molecule has 31 heavy (non-hydrogen) atoms. The van der Waals surface area contributed by atoms with E-state index in [0.717, 1.165) is 37.6 Å². The summed E-state index contributed by atoms with van der Waals surface area (Å²) in [5, 5.41) is 3.37. The van der Waals surface area contributed by atoms with Crippen molar-refractivity contribution in [2.45, 2.75) is 20.0 Å². The molecule has 0 spiro atoms. The standard InChI is InChI=1S/C24H28FN3O3/c1-15(2)30-21-13-18-20(14-19(21)28-11-9-27(4)10-12-28)31-23(22(18)24(29)26-3)16-5-7-17(25)8-6-16/h5-8,13-15H,9-12H2,1-4H3,(H,26,29). The average Bonchev–Trinajstić information content (AvgIpc) is 3.11. The lowest BCUT2D eigenvalue weighted by Crippen LogP contribution is -2.44. The summed E-state index contributed by atoms with van der Waals surface area (Å²) in [6.07, 6.45) is -0.0180. The van der Waals surface area contributed by atoms with Gasteiger partial charge < -0.3 is 24.3 Å². The number of amides is 1. The van der Waals surface area contributed by atoms with Gasteiger partial charge in [-0.15, -0.1) is 0 Å². The molecule has 1 aliphatic heterocycles. The van der Waals surface area contributed by atoms with Crippen LogP contribution in [0.4, 0.5) is 10.1 Å². The van der Waals surface area contributed by atoms with E-state index in [-0.39, 0.29) is 17.8 Å².